The minimum atomic E-state index is -0.956. The molecule has 1 aliphatic heterocycles. The molecule has 3 rings (SSSR count). The molecule has 1 aliphatic rings. The summed E-state index contributed by atoms with van der Waals surface area (Å²) in [6, 6.07) is 13.2. The van der Waals surface area contributed by atoms with Crippen LogP contribution in [-0.4, -0.2) is 17.2 Å². The summed E-state index contributed by atoms with van der Waals surface area (Å²) in [4.78, 5) is 11.6. The van der Waals surface area contributed by atoms with Crippen LogP contribution in [0.5, 0.6) is 5.75 Å². The fourth-order valence-electron chi connectivity index (χ4n) is 2.86. The van der Waals surface area contributed by atoms with Crippen LogP contribution in [0.25, 0.3) is 0 Å². The number of hydrogen-bond acceptors (Lipinski definition) is 2. The van der Waals surface area contributed by atoms with Crippen molar-refractivity contribution in [1.82, 2.24) is 0 Å². The zero-order valence-corrected chi connectivity index (χ0v) is 13.2. The van der Waals surface area contributed by atoms with Gasteiger partial charge >= 0.3 is 5.97 Å². The monoisotopic (exact) mass is 316 g/mol. The van der Waals surface area contributed by atoms with Crippen LogP contribution >= 0.6 is 11.6 Å². The van der Waals surface area contributed by atoms with Gasteiger partial charge in [-0.15, -0.1) is 0 Å². The topological polar surface area (TPSA) is 46.5 Å². The number of benzene rings is 2. The van der Waals surface area contributed by atoms with Crippen molar-refractivity contribution in [2.24, 2.45) is 0 Å². The van der Waals surface area contributed by atoms with E-state index in [0.29, 0.717) is 16.7 Å². The first kappa shape index (κ1) is 14.9. The highest BCUT2D eigenvalue weighted by molar-refractivity contribution is 6.30. The van der Waals surface area contributed by atoms with Gasteiger partial charge in [-0.3, -0.25) is 0 Å². The lowest BCUT2D eigenvalue weighted by Gasteiger charge is -2.16. The Morgan fingerprint density at radius 3 is 2.45 bits per heavy atom. The van der Waals surface area contributed by atoms with E-state index in [1.54, 1.807) is 12.1 Å². The van der Waals surface area contributed by atoms with E-state index in [4.69, 9.17) is 16.3 Å². The molecule has 0 spiro atoms. The maximum absolute atomic E-state index is 11.6. The van der Waals surface area contributed by atoms with E-state index in [2.05, 4.69) is 19.9 Å². The van der Waals surface area contributed by atoms with Crippen LogP contribution in [0.2, 0.25) is 5.02 Å². The van der Waals surface area contributed by atoms with Crippen LogP contribution in [0.1, 0.15) is 42.4 Å². The molecule has 0 amide bonds. The zero-order valence-electron chi connectivity index (χ0n) is 12.4. The van der Waals surface area contributed by atoms with Crippen LogP contribution < -0.4 is 4.74 Å². The third-order valence-corrected chi connectivity index (χ3v) is 4.32. The molecule has 0 saturated heterocycles. The molecule has 0 aliphatic carbocycles. The Labute approximate surface area is 134 Å². The summed E-state index contributed by atoms with van der Waals surface area (Å²) in [5.41, 5.74) is 3.00. The summed E-state index contributed by atoms with van der Waals surface area (Å²) in [6.07, 6.45) is -0.904. The van der Waals surface area contributed by atoms with E-state index in [1.807, 2.05) is 24.3 Å². The Balaban J connectivity index is 2.11. The van der Waals surface area contributed by atoms with E-state index in [9.17, 15) is 9.90 Å². The van der Waals surface area contributed by atoms with Crippen LogP contribution in [0.4, 0.5) is 0 Å². The first-order chi connectivity index (χ1) is 10.5. The van der Waals surface area contributed by atoms with Crippen molar-refractivity contribution in [3.05, 3.63) is 64.2 Å². The summed E-state index contributed by atoms with van der Waals surface area (Å²) in [5, 5.41) is 10.1. The molecule has 22 heavy (non-hydrogen) atoms. The van der Waals surface area contributed by atoms with Gasteiger partial charge in [0.2, 0.25) is 6.10 Å². The van der Waals surface area contributed by atoms with Crippen molar-refractivity contribution in [1.29, 1.82) is 0 Å². The molecule has 0 aromatic heterocycles. The van der Waals surface area contributed by atoms with Crippen molar-refractivity contribution in [3.63, 3.8) is 0 Å². The normalized spacial score (nSPS) is 19.8. The van der Waals surface area contributed by atoms with Gasteiger partial charge in [0.15, 0.2) is 0 Å². The highest BCUT2D eigenvalue weighted by atomic mass is 35.5. The van der Waals surface area contributed by atoms with Crippen molar-refractivity contribution in [3.8, 4) is 5.75 Å². The van der Waals surface area contributed by atoms with Gasteiger partial charge in [0, 0.05) is 10.6 Å². The predicted molar refractivity (Wildman–Crippen MR) is 85.9 cm³/mol. The van der Waals surface area contributed by atoms with Gasteiger partial charge in [-0.2, -0.15) is 0 Å². The number of carbonyl (C=O) groups is 1. The third-order valence-electron chi connectivity index (χ3n) is 4.06. The van der Waals surface area contributed by atoms with E-state index >= 15 is 0 Å². The Kier molecular flexibility index (Phi) is 3.83. The van der Waals surface area contributed by atoms with E-state index in [1.165, 1.54) is 5.56 Å². The second-order valence-corrected chi connectivity index (χ2v) is 6.29. The summed E-state index contributed by atoms with van der Waals surface area (Å²) in [6.45, 7) is 4.23. The molecule has 3 nitrogen and oxygen atoms in total. The van der Waals surface area contributed by atoms with E-state index in [-0.39, 0.29) is 5.92 Å². The minimum Gasteiger partial charge on any atom is -0.478 e. The van der Waals surface area contributed by atoms with Crippen molar-refractivity contribution < 1.29 is 14.6 Å². The smallest absolute Gasteiger partial charge is 0.345 e. The second-order valence-electron chi connectivity index (χ2n) is 5.86. The number of halogens is 1. The maximum atomic E-state index is 11.6. The van der Waals surface area contributed by atoms with Crippen LogP contribution in [0.15, 0.2) is 42.5 Å². The lowest BCUT2D eigenvalue weighted by Crippen LogP contribution is -2.29. The highest BCUT2D eigenvalue weighted by Crippen LogP contribution is 2.43. The molecule has 114 valence electrons. The predicted octanol–water partition coefficient (Wildman–Crippen LogP) is 4.44. The standard InChI is InChI=1S/C18H17ClO3/c1-10(2)12-5-8-15-14(9-12)16(17(22-15)18(20)21)11-3-6-13(19)7-4-11/h3-10,16-17H,1-2H3,(H,20,21). The second kappa shape index (κ2) is 5.65. The molecule has 2 atom stereocenters. The van der Waals surface area contributed by atoms with Gasteiger partial charge in [-0.05, 0) is 35.2 Å². The summed E-state index contributed by atoms with van der Waals surface area (Å²) in [7, 11) is 0. The van der Waals surface area contributed by atoms with Crippen molar-refractivity contribution >= 4 is 17.6 Å². The van der Waals surface area contributed by atoms with Crippen LogP contribution in [-0.2, 0) is 4.79 Å². The van der Waals surface area contributed by atoms with Gasteiger partial charge in [0.1, 0.15) is 5.75 Å². The molecule has 2 aromatic rings. The molecular weight excluding hydrogens is 300 g/mol. The fraction of sp³-hybridized carbons (Fsp3) is 0.278. The maximum Gasteiger partial charge on any atom is 0.345 e. The van der Waals surface area contributed by atoms with Gasteiger partial charge in [-0.25, -0.2) is 4.79 Å². The van der Waals surface area contributed by atoms with Crippen LogP contribution in [0, 0.1) is 0 Å². The largest absolute Gasteiger partial charge is 0.478 e. The van der Waals surface area contributed by atoms with Crippen molar-refractivity contribution in [2.45, 2.75) is 31.8 Å². The first-order valence-corrected chi connectivity index (χ1v) is 7.64. The third kappa shape index (κ3) is 2.57. The summed E-state index contributed by atoms with van der Waals surface area (Å²) >= 11 is 5.94. The lowest BCUT2D eigenvalue weighted by atomic mass is 9.86. The highest BCUT2D eigenvalue weighted by Gasteiger charge is 2.40. The molecule has 1 N–H and O–H groups in total. The minimum absolute atomic E-state index is 0.316. The Morgan fingerprint density at radius 1 is 1.18 bits per heavy atom. The number of carboxylic acid groups (broad SMARTS) is 1. The van der Waals surface area contributed by atoms with E-state index in [0.717, 1.165) is 11.1 Å². The zero-order chi connectivity index (χ0) is 15.9. The average molecular weight is 317 g/mol. The first-order valence-electron chi connectivity index (χ1n) is 7.26. The van der Waals surface area contributed by atoms with Crippen LogP contribution in [0.3, 0.4) is 0 Å². The molecule has 0 fully saturated rings. The Bertz CT molecular complexity index is 707. The number of fused-ring (bicyclic) bond motifs is 1. The SMILES string of the molecule is CC(C)c1ccc2c(c1)C(c1ccc(Cl)cc1)C(C(=O)O)O2. The van der Waals surface area contributed by atoms with Gasteiger partial charge in [0.05, 0.1) is 5.92 Å². The quantitative estimate of drug-likeness (QED) is 0.910. The molecule has 2 unspecified atom stereocenters. The molecular formula is C18H17ClO3. The molecule has 0 bridgehead atoms. The molecule has 2 aromatic carbocycles. The van der Waals surface area contributed by atoms with Gasteiger partial charge < -0.3 is 9.84 Å². The number of carboxylic acids is 1. The number of aliphatic carboxylic acids is 1. The molecule has 1 heterocycles. The molecule has 0 saturated carbocycles. The molecule has 4 heteroatoms. The number of rotatable bonds is 3. The number of ether oxygens (including phenoxy) is 1. The molecule has 0 radical (unpaired) electrons. The Morgan fingerprint density at radius 2 is 1.86 bits per heavy atom. The fourth-order valence-corrected chi connectivity index (χ4v) is 2.99. The average Bonchev–Trinajstić information content (AvgIpc) is 2.86. The van der Waals surface area contributed by atoms with Crippen molar-refractivity contribution in [2.75, 3.05) is 0 Å². The summed E-state index contributed by atoms with van der Waals surface area (Å²) in [5.74, 6) is -0.248. The van der Waals surface area contributed by atoms with Gasteiger partial charge in [-0.1, -0.05) is 49.7 Å². The lowest BCUT2D eigenvalue weighted by molar-refractivity contribution is -0.144. The van der Waals surface area contributed by atoms with E-state index < -0.39 is 12.1 Å². The number of hydrogen-bond donors (Lipinski definition) is 1. The van der Waals surface area contributed by atoms with Gasteiger partial charge in [0.25, 0.3) is 0 Å². The Hall–Kier alpha value is -2.00. The summed E-state index contributed by atoms with van der Waals surface area (Å²) < 4.78 is 5.67.